The molecule has 1 atom stereocenters. The molecule has 0 saturated carbocycles. The second kappa shape index (κ2) is 5.44. The smallest absolute Gasteiger partial charge is 0.173 e. The van der Waals surface area contributed by atoms with Crippen LogP contribution in [0.3, 0.4) is 0 Å². The van der Waals surface area contributed by atoms with Gasteiger partial charge < -0.3 is 10.2 Å². The molecule has 1 unspecified atom stereocenters. The molecule has 0 spiro atoms. The predicted molar refractivity (Wildman–Crippen MR) is 73.5 cm³/mol. The molecule has 2 aromatic rings. The summed E-state index contributed by atoms with van der Waals surface area (Å²) >= 11 is 15.3. The van der Waals surface area contributed by atoms with Crippen LogP contribution in [-0.2, 0) is 6.42 Å². The van der Waals surface area contributed by atoms with E-state index in [0.29, 0.717) is 21.1 Å². The van der Waals surface area contributed by atoms with Crippen LogP contribution in [0.4, 0.5) is 0 Å². The van der Waals surface area contributed by atoms with Crippen molar-refractivity contribution < 1.29 is 4.42 Å². The minimum absolute atomic E-state index is 0.181. The van der Waals surface area contributed by atoms with E-state index in [4.69, 9.17) is 33.4 Å². The molecular formula is C12H10BrCl2NO. The highest BCUT2D eigenvalue weighted by Crippen LogP contribution is 2.28. The Morgan fingerprint density at radius 1 is 1.29 bits per heavy atom. The first-order valence-corrected chi connectivity index (χ1v) is 6.55. The van der Waals surface area contributed by atoms with Gasteiger partial charge in [0.15, 0.2) is 4.67 Å². The van der Waals surface area contributed by atoms with E-state index >= 15 is 0 Å². The summed E-state index contributed by atoms with van der Waals surface area (Å²) in [5, 5.41) is 1.33. The first-order valence-electron chi connectivity index (χ1n) is 5.00. The van der Waals surface area contributed by atoms with E-state index in [1.165, 1.54) is 0 Å². The Hall–Kier alpha value is -0.480. The predicted octanol–water partition coefficient (Wildman–Crippen LogP) is 4.59. The number of rotatable bonds is 3. The summed E-state index contributed by atoms with van der Waals surface area (Å²) in [6.07, 6.45) is 2.20. The van der Waals surface area contributed by atoms with Crippen LogP contribution in [0.2, 0.25) is 10.0 Å². The van der Waals surface area contributed by atoms with Gasteiger partial charge >= 0.3 is 0 Å². The van der Waals surface area contributed by atoms with Crippen molar-refractivity contribution in [2.45, 2.75) is 12.5 Å². The van der Waals surface area contributed by atoms with Crippen molar-refractivity contribution in [2.75, 3.05) is 0 Å². The highest BCUT2D eigenvalue weighted by Gasteiger charge is 2.14. The Bertz CT molecular complexity index is 527. The molecule has 2 N–H and O–H groups in total. The SMILES string of the molecule is NC(Cc1cc(Cl)ccc1Cl)c1ccoc1Br. The van der Waals surface area contributed by atoms with Crippen molar-refractivity contribution in [1.29, 1.82) is 0 Å². The molecule has 5 heteroatoms. The van der Waals surface area contributed by atoms with Crippen molar-refractivity contribution in [2.24, 2.45) is 5.73 Å². The summed E-state index contributed by atoms with van der Waals surface area (Å²) in [6.45, 7) is 0. The molecular weight excluding hydrogens is 325 g/mol. The molecule has 1 heterocycles. The maximum absolute atomic E-state index is 6.10. The molecule has 2 rings (SSSR count). The van der Waals surface area contributed by atoms with E-state index in [1.54, 1.807) is 18.4 Å². The number of nitrogens with two attached hydrogens (primary N) is 1. The van der Waals surface area contributed by atoms with Crippen molar-refractivity contribution >= 4 is 39.1 Å². The third-order valence-corrected chi connectivity index (χ3v) is 3.74. The Balaban J connectivity index is 2.21. The van der Waals surface area contributed by atoms with Crippen LogP contribution in [0.25, 0.3) is 0 Å². The van der Waals surface area contributed by atoms with Crippen molar-refractivity contribution in [3.63, 3.8) is 0 Å². The zero-order valence-corrected chi connectivity index (χ0v) is 11.9. The average Bonchev–Trinajstić information content (AvgIpc) is 2.70. The van der Waals surface area contributed by atoms with E-state index in [1.807, 2.05) is 12.1 Å². The lowest BCUT2D eigenvalue weighted by Gasteiger charge is -2.11. The second-order valence-corrected chi connectivity index (χ2v) is 5.26. The standard InChI is InChI=1S/C12H10BrCl2NO/c13-12-9(3-4-17-12)11(16)6-7-5-8(14)1-2-10(7)15/h1-5,11H,6,16H2. The molecule has 0 bridgehead atoms. The fourth-order valence-electron chi connectivity index (χ4n) is 1.62. The van der Waals surface area contributed by atoms with E-state index in [2.05, 4.69) is 15.9 Å². The topological polar surface area (TPSA) is 39.2 Å². The maximum atomic E-state index is 6.10. The van der Waals surface area contributed by atoms with Gasteiger partial charge in [0.2, 0.25) is 0 Å². The van der Waals surface area contributed by atoms with Gasteiger partial charge in [-0.25, -0.2) is 0 Å². The monoisotopic (exact) mass is 333 g/mol. The fourth-order valence-corrected chi connectivity index (χ4v) is 2.54. The summed E-state index contributed by atoms with van der Waals surface area (Å²) in [6, 6.07) is 7.02. The highest BCUT2D eigenvalue weighted by atomic mass is 79.9. The van der Waals surface area contributed by atoms with Crippen molar-refractivity contribution in [3.8, 4) is 0 Å². The molecule has 0 aliphatic carbocycles. The zero-order valence-electron chi connectivity index (χ0n) is 8.79. The molecule has 0 aliphatic heterocycles. The van der Waals surface area contributed by atoms with Gasteiger partial charge in [-0.3, -0.25) is 0 Å². The molecule has 90 valence electrons. The van der Waals surface area contributed by atoms with Gasteiger partial charge in [-0.15, -0.1) is 0 Å². The summed E-state index contributed by atoms with van der Waals surface area (Å²) in [5.41, 5.74) is 7.95. The van der Waals surface area contributed by atoms with Gasteiger partial charge in [-0.05, 0) is 52.2 Å². The molecule has 0 saturated heterocycles. The number of halogens is 3. The van der Waals surface area contributed by atoms with Crippen LogP contribution in [-0.4, -0.2) is 0 Å². The van der Waals surface area contributed by atoms with E-state index in [9.17, 15) is 0 Å². The average molecular weight is 335 g/mol. The molecule has 2 nitrogen and oxygen atoms in total. The molecule has 1 aromatic heterocycles. The van der Waals surface area contributed by atoms with Crippen molar-refractivity contribution in [1.82, 2.24) is 0 Å². The van der Waals surface area contributed by atoms with Crippen LogP contribution in [0.5, 0.6) is 0 Å². The number of furan rings is 1. The first kappa shape index (κ1) is 13.0. The number of benzene rings is 1. The second-order valence-electron chi connectivity index (χ2n) is 3.70. The van der Waals surface area contributed by atoms with Gasteiger partial charge in [0.1, 0.15) is 0 Å². The van der Waals surface area contributed by atoms with Crippen LogP contribution < -0.4 is 5.73 Å². The molecule has 1 aromatic carbocycles. The van der Waals surface area contributed by atoms with Crippen LogP contribution >= 0.6 is 39.1 Å². The van der Waals surface area contributed by atoms with Gasteiger partial charge in [0, 0.05) is 21.7 Å². The third-order valence-electron chi connectivity index (χ3n) is 2.49. The normalized spacial score (nSPS) is 12.7. The number of hydrogen-bond donors (Lipinski definition) is 1. The van der Waals surface area contributed by atoms with Crippen LogP contribution in [0, 0.1) is 0 Å². The van der Waals surface area contributed by atoms with Crippen molar-refractivity contribution in [3.05, 3.63) is 56.4 Å². The molecule has 17 heavy (non-hydrogen) atoms. The Kier molecular flexibility index (Phi) is 4.15. The lowest BCUT2D eigenvalue weighted by molar-refractivity contribution is 0.531. The zero-order chi connectivity index (χ0) is 12.4. The third kappa shape index (κ3) is 3.05. The van der Waals surface area contributed by atoms with E-state index < -0.39 is 0 Å². The minimum atomic E-state index is -0.181. The Labute approximate surface area is 118 Å². The van der Waals surface area contributed by atoms with Crippen LogP contribution in [0.15, 0.2) is 39.6 Å². The summed E-state index contributed by atoms with van der Waals surface area (Å²) in [7, 11) is 0. The molecule has 0 fully saturated rings. The lowest BCUT2D eigenvalue weighted by atomic mass is 10.0. The molecule has 0 aliphatic rings. The highest BCUT2D eigenvalue weighted by molar-refractivity contribution is 9.10. The first-order chi connectivity index (χ1) is 8.08. The van der Waals surface area contributed by atoms with Gasteiger partial charge in [-0.2, -0.15) is 0 Å². The summed E-state index contributed by atoms with van der Waals surface area (Å²) in [4.78, 5) is 0. The molecule has 0 radical (unpaired) electrons. The van der Waals surface area contributed by atoms with Gasteiger partial charge in [0.25, 0.3) is 0 Å². The minimum Gasteiger partial charge on any atom is -0.457 e. The summed E-state index contributed by atoms with van der Waals surface area (Å²) in [5.74, 6) is 0. The van der Waals surface area contributed by atoms with E-state index in [0.717, 1.165) is 11.1 Å². The number of hydrogen-bond acceptors (Lipinski definition) is 2. The maximum Gasteiger partial charge on any atom is 0.173 e. The van der Waals surface area contributed by atoms with Crippen LogP contribution in [0.1, 0.15) is 17.2 Å². The lowest BCUT2D eigenvalue weighted by Crippen LogP contribution is -2.13. The molecule has 0 amide bonds. The Morgan fingerprint density at radius 2 is 2.06 bits per heavy atom. The largest absolute Gasteiger partial charge is 0.457 e. The van der Waals surface area contributed by atoms with E-state index in [-0.39, 0.29) is 6.04 Å². The summed E-state index contributed by atoms with van der Waals surface area (Å²) < 4.78 is 5.81. The Morgan fingerprint density at radius 3 is 2.71 bits per heavy atom. The quantitative estimate of drug-likeness (QED) is 0.891. The van der Waals surface area contributed by atoms with Gasteiger partial charge in [0.05, 0.1) is 6.26 Å². The van der Waals surface area contributed by atoms with Gasteiger partial charge in [-0.1, -0.05) is 23.2 Å². The fraction of sp³-hybridized carbons (Fsp3) is 0.167.